The minimum Gasteiger partial charge on any atom is -0.465 e. The number of nitrogens with zero attached hydrogens (tertiary/aromatic N) is 3. The molecule has 0 aliphatic rings. The van der Waals surface area contributed by atoms with Crippen LogP contribution in [-0.4, -0.2) is 39.5 Å². The third kappa shape index (κ3) is 5.11. The number of ether oxygens (including phenoxy) is 1. The first-order valence-electron chi connectivity index (χ1n) is 10.1. The maximum Gasteiger partial charge on any atom is 0.341 e. The van der Waals surface area contributed by atoms with Crippen LogP contribution in [0.15, 0.2) is 41.4 Å². The highest BCUT2D eigenvalue weighted by atomic mass is 32.2. The highest BCUT2D eigenvalue weighted by molar-refractivity contribution is 7.99. The second kappa shape index (κ2) is 10.6. The van der Waals surface area contributed by atoms with Gasteiger partial charge in [0.2, 0.25) is 5.91 Å². The van der Waals surface area contributed by atoms with Gasteiger partial charge in [-0.25, -0.2) is 4.79 Å². The summed E-state index contributed by atoms with van der Waals surface area (Å²) in [5, 5.41) is 14.2. The van der Waals surface area contributed by atoms with E-state index in [-0.39, 0.29) is 11.7 Å². The van der Waals surface area contributed by atoms with Gasteiger partial charge in [0.15, 0.2) is 5.16 Å². The number of rotatable bonds is 9. The van der Waals surface area contributed by atoms with Crippen LogP contribution in [0.1, 0.15) is 34.2 Å². The first kappa shape index (κ1) is 23.7. The fraction of sp³-hybridized carbons (Fsp3) is 0.304. The van der Waals surface area contributed by atoms with Gasteiger partial charge in [-0.05, 0) is 25.0 Å². The average molecular weight is 471 g/mol. The number of benzene rings is 1. The van der Waals surface area contributed by atoms with Crippen molar-refractivity contribution in [3.8, 4) is 11.1 Å². The summed E-state index contributed by atoms with van der Waals surface area (Å²) in [6, 6.07) is 6.07. The van der Waals surface area contributed by atoms with E-state index >= 15 is 0 Å². The first-order chi connectivity index (χ1) is 15.4. The lowest BCUT2D eigenvalue weighted by molar-refractivity contribution is -0.113. The van der Waals surface area contributed by atoms with Crippen molar-refractivity contribution >= 4 is 40.0 Å². The van der Waals surface area contributed by atoms with Gasteiger partial charge in [0, 0.05) is 23.9 Å². The van der Waals surface area contributed by atoms with Crippen molar-refractivity contribution in [2.24, 2.45) is 0 Å². The van der Waals surface area contributed by atoms with E-state index in [0.29, 0.717) is 22.3 Å². The van der Waals surface area contributed by atoms with Gasteiger partial charge >= 0.3 is 5.97 Å². The maximum atomic E-state index is 12.7. The minimum absolute atomic E-state index is 0.135. The van der Waals surface area contributed by atoms with Crippen LogP contribution in [-0.2, 0) is 22.5 Å². The number of aryl methyl sites for hydroxylation is 3. The van der Waals surface area contributed by atoms with Crippen molar-refractivity contribution in [1.82, 2.24) is 14.8 Å². The molecule has 0 atom stereocenters. The predicted octanol–water partition coefficient (Wildman–Crippen LogP) is 4.89. The molecule has 9 heteroatoms. The molecule has 0 spiro atoms. The number of anilines is 1. The van der Waals surface area contributed by atoms with Gasteiger partial charge in [-0.15, -0.1) is 28.1 Å². The van der Waals surface area contributed by atoms with E-state index in [2.05, 4.69) is 22.1 Å². The zero-order valence-electron chi connectivity index (χ0n) is 18.6. The molecule has 32 heavy (non-hydrogen) atoms. The number of allylic oxidation sites excluding steroid dienone is 1. The molecule has 0 saturated heterocycles. The topological polar surface area (TPSA) is 86.1 Å². The Morgan fingerprint density at radius 2 is 2.06 bits per heavy atom. The van der Waals surface area contributed by atoms with Crippen LogP contribution in [0.3, 0.4) is 0 Å². The van der Waals surface area contributed by atoms with Crippen LogP contribution in [0.4, 0.5) is 5.00 Å². The molecule has 3 aromatic rings. The summed E-state index contributed by atoms with van der Waals surface area (Å²) in [4.78, 5) is 25.3. The number of thiophene rings is 1. The van der Waals surface area contributed by atoms with Gasteiger partial charge < -0.3 is 14.6 Å². The Bertz CT molecular complexity index is 1150. The molecule has 0 radical (unpaired) electrons. The molecule has 0 aliphatic heterocycles. The standard InChI is InChI=1S/C23H26N4O3S2/c1-6-10-27-18(7-2)25-26-23(27)32-13-19(28)24-21-20(22(29)30-5)17(12-31-21)16-11-14(3)8-9-15(16)4/h6,8-9,11-12H,1,7,10,13H2,2-5H3,(H,24,28). The molecule has 3 rings (SSSR count). The lowest BCUT2D eigenvalue weighted by Gasteiger charge is -2.10. The van der Waals surface area contributed by atoms with Crippen molar-refractivity contribution in [3.05, 3.63) is 58.7 Å². The van der Waals surface area contributed by atoms with Crippen LogP contribution in [0.25, 0.3) is 11.1 Å². The molecule has 0 fully saturated rings. The summed E-state index contributed by atoms with van der Waals surface area (Å²) >= 11 is 2.61. The Morgan fingerprint density at radius 1 is 1.28 bits per heavy atom. The quantitative estimate of drug-likeness (QED) is 0.272. The van der Waals surface area contributed by atoms with Crippen molar-refractivity contribution in [1.29, 1.82) is 0 Å². The number of nitrogens with one attached hydrogen (secondary N) is 1. The minimum atomic E-state index is -0.483. The molecule has 168 valence electrons. The first-order valence-corrected chi connectivity index (χ1v) is 12.0. The van der Waals surface area contributed by atoms with Crippen LogP contribution in [0.5, 0.6) is 0 Å². The van der Waals surface area contributed by atoms with E-state index in [1.165, 1.54) is 30.2 Å². The fourth-order valence-corrected chi connectivity index (χ4v) is 5.00. The van der Waals surface area contributed by atoms with Crippen molar-refractivity contribution in [2.45, 2.75) is 38.9 Å². The van der Waals surface area contributed by atoms with E-state index in [1.807, 2.05) is 48.9 Å². The lowest BCUT2D eigenvalue weighted by atomic mass is 9.97. The van der Waals surface area contributed by atoms with E-state index in [0.717, 1.165) is 34.5 Å². The second-order valence-electron chi connectivity index (χ2n) is 7.15. The number of carbonyl (C=O) groups is 2. The van der Waals surface area contributed by atoms with Gasteiger partial charge in [0.1, 0.15) is 16.4 Å². The Labute approximate surface area is 195 Å². The molecule has 1 N–H and O–H groups in total. The smallest absolute Gasteiger partial charge is 0.341 e. The summed E-state index contributed by atoms with van der Waals surface area (Å²) in [7, 11) is 1.34. The molecule has 1 amide bonds. The zero-order chi connectivity index (χ0) is 23.3. The van der Waals surface area contributed by atoms with Gasteiger partial charge in [-0.3, -0.25) is 4.79 Å². The van der Waals surface area contributed by atoms with Crippen LogP contribution in [0.2, 0.25) is 0 Å². The lowest BCUT2D eigenvalue weighted by Crippen LogP contribution is -2.16. The summed E-state index contributed by atoms with van der Waals surface area (Å²) in [5.41, 5.74) is 4.20. The number of hydrogen-bond donors (Lipinski definition) is 1. The highest BCUT2D eigenvalue weighted by Gasteiger charge is 2.23. The number of thioether (sulfide) groups is 1. The van der Waals surface area contributed by atoms with Crippen molar-refractivity contribution in [3.63, 3.8) is 0 Å². The van der Waals surface area contributed by atoms with E-state index in [1.54, 1.807) is 6.08 Å². The van der Waals surface area contributed by atoms with E-state index < -0.39 is 5.97 Å². The third-order valence-electron chi connectivity index (χ3n) is 4.87. The number of amides is 1. The van der Waals surface area contributed by atoms with Crippen molar-refractivity contribution < 1.29 is 14.3 Å². The molecule has 7 nitrogen and oxygen atoms in total. The largest absolute Gasteiger partial charge is 0.465 e. The van der Waals surface area contributed by atoms with Gasteiger partial charge in [-0.2, -0.15) is 0 Å². The molecule has 0 aliphatic carbocycles. The van der Waals surface area contributed by atoms with Crippen LogP contribution >= 0.6 is 23.1 Å². The van der Waals surface area contributed by atoms with Crippen LogP contribution < -0.4 is 5.32 Å². The summed E-state index contributed by atoms with van der Waals surface area (Å²) in [6.45, 7) is 10.3. The molecule has 0 bridgehead atoms. The number of aromatic nitrogens is 3. The molecule has 0 unspecified atom stereocenters. The van der Waals surface area contributed by atoms with Gasteiger partial charge in [0.25, 0.3) is 0 Å². The Morgan fingerprint density at radius 3 is 2.75 bits per heavy atom. The molecule has 0 saturated carbocycles. The van der Waals surface area contributed by atoms with E-state index in [4.69, 9.17) is 4.74 Å². The monoisotopic (exact) mass is 470 g/mol. The number of carbonyl (C=O) groups excluding carboxylic acids is 2. The van der Waals surface area contributed by atoms with E-state index in [9.17, 15) is 9.59 Å². The average Bonchev–Trinajstić information content (AvgIpc) is 3.37. The SMILES string of the molecule is C=CCn1c(CC)nnc1SCC(=O)Nc1scc(-c2cc(C)ccc2C)c1C(=O)OC. The molecule has 2 aromatic heterocycles. The molecular formula is C23H26N4O3S2. The summed E-state index contributed by atoms with van der Waals surface area (Å²) in [6.07, 6.45) is 2.52. The second-order valence-corrected chi connectivity index (χ2v) is 8.97. The number of hydrogen-bond acceptors (Lipinski definition) is 7. The molecular weight excluding hydrogens is 444 g/mol. The fourth-order valence-electron chi connectivity index (χ4n) is 3.27. The normalized spacial score (nSPS) is 10.8. The van der Waals surface area contributed by atoms with Gasteiger partial charge in [0.05, 0.1) is 12.9 Å². The van der Waals surface area contributed by atoms with Crippen molar-refractivity contribution in [2.75, 3.05) is 18.2 Å². The van der Waals surface area contributed by atoms with Gasteiger partial charge in [-0.1, -0.05) is 48.5 Å². The molecule has 2 heterocycles. The highest BCUT2D eigenvalue weighted by Crippen LogP contribution is 2.38. The Balaban J connectivity index is 1.82. The Hall–Kier alpha value is -2.91. The maximum absolute atomic E-state index is 12.7. The number of methoxy groups -OCH3 is 1. The zero-order valence-corrected chi connectivity index (χ0v) is 20.2. The third-order valence-corrected chi connectivity index (χ3v) is 6.73. The summed E-state index contributed by atoms with van der Waals surface area (Å²) in [5.74, 6) is 0.261. The summed E-state index contributed by atoms with van der Waals surface area (Å²) < 4.78 is 6.96. The molecule has 1 aromatic carbocycles. The Kier molecular flexibility index (Phi) is 7.87. The predicted molar refractivity (Wildman–Crippen MR) is 130 cm³/mol. The number of esters is 1. The van der Waals surface area contributed by atoms with Crippen LogP contribution in [0, 0.1) is 13.8 Å².